The van der Waals surface area contributed by atoms with E-state index in [4.69, 9.17) is 5.11 Å². The molecule has 0 unspecified atom stereocenters. The molecule has 1 aliphatic heterocycles. The van der Waals surface area contributed by atoms with E-state index >= 15 is 0 Å². The SMILES string of the molecule is Cn1nccc1/C=C/C(=O)N1CCC[C@H](CCC(=O)O)C1. The second-order valence-corrected chi connectivity index (χ2v) is 5.44. The first-order valence-corrected chi connectivity index (χ1v) is 7.23. The van der Waals surface area contributed by atoms with Crippen molar-refractivity contribution in [3.63, 3.8) is 0 Å². The topological polar surface area (TPSA) is 75.4 Å². The molecule has 114 valence electrons. The number of piperidine rings is 1. The van der Waals surface area contributed by atoms with Gasteiger partial charge < -0.3 is 10.0 Å². The molecule has 0 saturated carbocycles. The van der Waals surface area contributed by atoms with Gasteiger partial charge in [-0.25, -0.2) is 0 Å². The lowest BCUT2D eigenvalue weighted by atomic mass is 9.93. The Kier molecular flexibility index (Phi) is 5.14. The van der Waals surface area contributed by atoms with Crippen LogP contribution in [0.5, 0.6) is 0 Å². The molecular formula is C15H21N3O3. The van der Waals surface area contributed by atoms with E-state index in [2.05, 4.69) is 5.10 Å². The van der Waals surface area contributed by atoms with Crippen molar-refractivity contribution in [2.24, 2.45) is 13.0 Å². The first-order valence-electron chi connectivity index (χ1n) is 7.23. The number of aryl methyl sites for hydroxylation is 1. The van der Waals surface area contributed by atoms with Crippen LogP contribution in [0.2, 0.25) is 0 Å². The van der Waals surface area contributed by atoms with Gasteiger partial charge in [0.15, 0.2) is 0 Å². The van der Waals surface area contributed by atoms with Crippen LogP contribution in [0, 0.1) is 5.92 Å². The summed E-state index contributed by atoms with van der Waals surface area (Å²) in [4.78, 5) is 24.6. The number of aliphatic carboxylic acids is 1. The van der Waals surface area contributed by atoms with Crippen molar-refractivity contribution in [2.75, 3.05) is 13.1 Å². The molecule has 0 aromatic carbocycles. The minimum atomic E-state index is -0.769. The average molecular weight is 291 g/mol. The van der Waals surface area contributed by atoms with Crippen molar-refractivity contribution in [3.05, 3.63) is 24.0 Å². The standard InChI is InChI=1S/C15H21N3O3/c1-17-13(8-9-16-17)5-6-14(19)18-10-2-3-12(11-18)4-7-15(20)21/h5-6,8-9,12H,2-4,7,10-11H2,1H3,(H,20,21)/b6-5+/t12-/m1/s1. The van der Waals surface area contributed by atoms with Crippen molar-refractivity contribution in [1.29, 1.82) is 0 Å². The highest BCUT2D eigenvalue weighted by atomic mass is 16.4. The zero-order valence-electron chi connectivity index (χ0n) is 12.2. The molecule has 1 atom stereocenters. The predicted molar refractivity (Wildman–Crippen MR) is 78.4 cm³/mol. The van der Waals surface area contributed by atoms with Crippen LogP contribution in [0.4, 0.5) is 0 Å². The zero-order chi connectivity index (χ0) is 15.2. The summed E-state index contributed by atoms with van der Waals surface area (Å²) < 4.78 is 1.70. The van der Waals surface area contributed by atoms with Gasteiger partial charge in [-0.2, -0.15) is 5.10 Å². The summed E-state index contributed by atoms with van der Waals surface area (Å²) in [6.07, 6.45) is 7.78. The van der Waals surface area contributed by atoms with Gasteiger partial charge in [0.25, 0.3) is 0 Å². The molecule has 6 nitrogen and oxygen atoms in total. The highest BCUT2D eigenvalue weighted by molar-refractivity contribution is 5.91. The molecule has 1 aromatic heterocycles. The molecular weight excluding hydrogens is 270 g/mol. The van der Waals surface area contributed by atoms with Gasteiger partial charge in [0.2, 0.25) is 5.91 Å². The molecule has 1 N–H and O–H groups in total. The smallest absolute Gasteiger partial charge is 0.303 e. The second kappa shape index (κ2) is 7.06. The molecule has 1 aromatic rings. The number of carbonyl (C=O) groups excluding carboxylic acids is 1. The summed E-state index contributed by atoms with van der Waals surface area (Å²) in [6, 6.07) is 1.84. The predicted octanol–water partition coefficient (Wildman–Crippen LogP) is 1.54. The van der Waals surface area contributed by atoms with E-state index in [-0.39, 0.29) is 12.3 Å². The minimum Gasteiger partial charge on any atom is -0.481 e. The van der Waals surface area contributed by atoms with Crippen LogP contribution >= 0.6 is 0 Å². The quantitative estimate of drug-likeness (QED) is 0.835. The van der Waals surface area contributed by atoms with E-state index in [9.17, 15) is 9.59 Å². The Labute approximate surface area is 124 Å². The van der Waals surface area contributed by atoms with Gasteiger partial charge in [-0.3, -0.25) is 14.3 Å². The summed E-state index contributed by atoms with van der Waals surface area (Å²) in [5.74, 6) is -0.491. The Morgan fingerprint density at radius 1 is 1.52 bits per heavy atom. The van der Waals surface area contributed by atoms with Crippen LogP contribution in [-0.4, -0.2) is 44.8 Å². The maximum Gasteiger partial charge on any atom is 0.303 e. The molecule has 2 heterocycles. The third kappa shape index (κ3) is 4.44. The number of rotatable bonds is 5. The van der Waals surface area contributed by atoms with Gasteiger partial charge in [-0.1, -0.05) is 0 Å². The number of amides is 1. The Morgan fingerprint density at radius 2 is 2.33 bits per heavy atom. The summed E-state index contributed by atoms with van der Waals surface area (Å²) >= 11 is 0. The highest BCUT2D eigenvalue weighted by Gasteiger charge is 2.22. The summed E-state index contributed by atoms with van der Waals surface area (Å²) in [5.41, 5.74) is 0.878. The fourth-order valence-electron chi connectivity index (χ4n) is 2.64. The van der Waals surface area contributed by atoms with Gasteiger partial charge in [0.1, 0.15) is 0 Å². The van der Waals surface area contributed by atoms with E-state index in [1.165, 1.54) is 0 Å². The third-order valence-corrected chi connectivity index (χ3v) is 3.85. The molecule has 1 amide bonds. The fraction of sp³-hybridized carbons (Fsp3) is 0.533. The van der Waals surface area contributed by atoms with Crippen molar-refractivity contribution < 1.29 is 14.7 Å². The Morgan fingerprint density at radius 3 is 3.00 bits per heavy atom. The van der Waals surface area contributed by atoms with E-state index in [1.807, 2.05) is 18.0 Å². The van der Waals surface area contributed by atoms with Gasteiger partial charge >= 0.3 is 5.97 Å². The Balaban J connectivity index is 1.88. The lowest BCUT2D eigenvalue weighted by molar-refractivity contribution is -0.137. The molecule has 1 aliphatic rings. The maximum absolute atomic E-state index is 12.2. The van der Waals surface area contributed by atoms with Crippen molar-refractivity contribution >= 4 is 18.0 Å². The summed E-state index contributed by atoms with van der Waals surface area (Å²) in [6.45, 7) is 1.40. The molecule has 0 aliphatic carbocycles. The first kappa shape index (κ1) is 15.3. The van der Waals surface area contributed by atoms with Crippen LogP contribution in [0.25, 0.3) is 6.08 Å². The second-order valence-electron chi connectivity index (χ2n) is 5.44. The van der Waals surface area contributed by atoms with Gasteiger partial charge in [0.05, 0.1) is 5.69 Å². The molecule has 1 fully saturated rings. The lowest BCUT2D eigenvalue weighted by Crippen LogP contribution is -2.39. The fourth-order valence-corrected chi connectivity index (χ4v) is 2.64. The normalized spacial score (nSPS) is 19.1. The third-order valence-electron chi connectivity index (χ3n) is 3.85. The maximum atomic E-state index is 12.2. The Hall–Kier alpha value is -2.11. The number of hydrogen-bond acceptors (Lipinski definition) is 3. The lowest BCUT2D eigenvalue weighted by Gasteiger charge is -2.31. The van der Waals surface area contributed by atoms with Crippen LogP contribution in [0.1, 0.15) is 31.4 Å². The molecule has 21 heavy (non-hydrogen) atoms. The summed E-state index contributed by atoms with van der Waals surface area (Å²) in [5, 5.41) is 12.8. The monoisotopic (exact) mass is 291 g/mol. The van der Waals surface area contributed by atoms with E-state index < -0.39 is 5.97 Å². The zero-order valence-corrected chi connectivity index (χ0v) is 12.2. The van der Waals surface area contributed by atoms with Gasteiger partial charge in [-0.15, -0.1) is 0 Å². The molecule has 1 saturated heterocycles. The molecule has 6 heteroatoms. The molecule has 0 spiro atoms. The van der Waals surface area contributed by atoms with Crippen molar-refractivity contribution in [2.45, 2.75) is 25.7 Å². The van der Waals surface area contributed by atoms with Crippen LogP contribution in [0.15, 0.2) is 18.3 Å². The Bertz CT molecular complexity index is 536. The number of carboxylic acids is 1. The van der Waals surface area contributed by atoms with Gasteiger partial charge in [-0.05, 0) is 37.3 Å². The van der Waals surface area contributed by atoms with Crippen LogP contribution < -0.4 is 0 Å². The van der Waals surface area contributed by atoms with E-state index in [0.717, 1.165) is 25.1 Å². The first-order chi connectivity index (χ1) is 10.1. The van der Waals surface area contributed by atoms with Crippen molar-refractivity contribution in [1.82, 2.24) is 14.7 Å². The van der Waals surface area contributed by atoms with Crippen LogP contribution in [-0.2, 0) is 16.6 Å². The van der Waals surface area contributed by atoms with Crippen LogP contribution in [0.3, 0.4) is 0 Å². The van der Waals surface area contributed by atoms with Gasteiger partial charge in [0, 0.05) is 38.8 Å². The largest absolute Gasteiger partial charge is 0.481 e. The molecule has 0 bridgehead atoms. The van der Waals surface area contributed by atoms with E-state index in [0.29, 0.717) is 18.9 Å². The van der Waals surface area contributed by atoms with E-state index in [1.54, 1.807) is 23.0 Å². The van der Waals surface area contributed by atoms with Crippen molar-refractivity contribution in [3.8, 4) is 0 Å². The number of aromatic nitrogens is 2. The minimum absolute atomic E-state index is 0.0174. The number of carboxylic acid groups (broad SMARTS) is 1. The number of likely N-dealkylation sites (tertiary alicyclic amines) is 1. The molecule has 0 radical (unpaired) electrons. The molecule has 2 rings (SSSR count). The number of hydrogen-bond donors (Lipinski definition) is 1. The number of nitrogens with zero attached hydrogens (tertiary/aromatic N) is 3. The number of carbonyl (C=O) groups is 2. The summed E-state index contributed by atoms with van der Waals surface area (Å²) in [7, 11) is 1.83. The average Bonchev–Trinajstić information content (AvgIpc) is 2.88. The highest BCUT2D eigenvalue weighted by Crippen LogP contribution is 2.21.